The number of anilines is 1. The van der Waals surface area contributed by atoms with E-state index >= 15 is 0 Å². The number of carbonyl (C=O) groups excluding carboxylic acids is 1. The summed E-state index contributed by atoms with van der Waals surface area (Å²) in [5.74, 6) is 0.0642. The molecule has 1 amide bonds. The molecule has 0 aromatic heterocycles. The van der Waals surface area contributed by atoms with Crippen LogP contribution in [-0.2, 0) is 4.79 Å². The molecule has 0 bridgehead atoms. The van der Waals surface area contributed by atoms with Crippen LogP contribution in [0.25, 0.3) is 0 Å². The molecule has 0 atom stereocenters. The molecule has 1 aromatic carbocycles. The average Bonchev–Trinajstić information content (AvgIpc) is 2.50. The van der Waals surface area contributed by atoms with Gasteiger partial charge in [-0.05, 0) is 50.5 Å². The van der Waals surface area contributed by atoms with Gasteiger partial charge in [0.1, 0.15) is 5.54 Å². The van der Waals surface area contributed by atoms with Crippen LogP contribution < -0.4 is 10.2 Å². The van der Waals surface area contributed by atoms with Crippen molar-refractivity contribution in [3.63, 3.8) is 0 Å². The van der Waals surface area contributed by atoms with Crippen molar-refractivity contribution in [2.24, 2.45) is 0 Å². The van der Waals surface area contributed by atoms with Crippen molar-refractivity contribution >= 4 is 28.9 Å². The molecular weight excluding hydrogens is 232 g/mol. The molecule has 17 heavy (non-hydrogen) atoms. The highest BCUT2D eigenvalue weighted by Gasteiger charge is 2.55. The second-order valence-electron chi connectivity index (χ2n) is 4.82. The number of rotatable bonds is 1. The first-order valence-corrected chi connectivity index (χ1v) is 6.27. The Bertz CT molecular complexity index is 491. The maximum Gasteiger partial charge on any atom is 0.252 e. The minimum atomic E-state index is -0.396. The van der Waals surface area contributed by atoms with Gasteiger partial charge in [-0.3, -0.25) is 4.79 Å². The predicted molar refractivity (Wildman–Crippen MR) is 71.0 cm³/mol. The lowest BCUT2D eigenvalue weighted by molar-refractivity contribution is -0.125. The van der Waals surface area contributed by atoms with Gasteiger partial charge in [-0.25, -0.2) is 0 Å². The monoisotopic (exact) mass is 246 g/mol. The lowest BCUT2D eigenvalue weighted by Crippen LogP contribution is -2.55. The Balaban J connectivity index is 2.03. The number of nitrogens with zero attached hydrogens (tertiary/aromatic N) is 1. The summed E-state index contributed by atoms with van der Waals surface area (Å²) in [5.41, 5.74) is 1.83. The topological polar surface area (TPSA) is 32.3 Å². The maximum atomic E-state index is 12.0. The number of thiocarbonyl (C=S) groups is 1. The summed E-state index contributed by atoms with van der Waals surface area (Å²) in [7, 11) is 0. The van der Waals surface area contributed by atoms with E-state index in [0.717, 1.165) is 24.9 Å². The highest BCUT2D eigenvalue weighted by molar-refractivity contribution is 7.80. The van der Waals surface area contributed by atoms with E-state index in [-0.39, 0.29) is 5.91 Å². The lowest BCUT2D eigenvalue weighted by atomic mass is 9.75. The zero-order valence-corrected chi connectivity index (χ0v) is 10.5. The minimum absolute atomic E-state index is 0.0642. The second kappa shape index (κ2) is 3.53. The Morgan fingerprint density at radius 3 is 2.47 bits per heavy atom. The summed E-state index contributed by atoms with van der Waals surface area (Å²) >= 11 is 5.28. The third-order valence-electron chi connectivity index (χ3n) is 3.75. The molecule has 1 aliphatic heterocycles. The molecule has 1 N–H and O–H groups in total. The molecule has 88 valence electrons. The van der Waals surface area contributed by atoms with Crippen LogP contribution in [0.4, 0.5) is 5.69 Å². The number of nitrogens with one attached hydrogen (secondary N) is 1. The Morgan fingerprint density at radius 1 is 1.29 bits per heavy atom. The fourth-order valence-electron chi connectivity index (χ4n) is 2.59. The van der Waals surface area contributed by atoms with E-state index in [4.69, 9.17) is 12.2 Å². The van der Waals surface area contributed by atoms with Gasteiger partial charge in [-0.1, -0.05) is 17.7 Å². The minimum Gasteiger partial charge on any atom is -0.303 e. The van der Waals surface area contributed by atoms with Crippen molar-refractivity contribution in [2.75, 3.05) is 4.90 Å². The molecule has 1 spiro atoms. The normalized spacial score (nSPS) is 21.6. The Labute approximate surface area is 106 Å². The van der Waals surface area contributed by atoms with E-state index in [1.165, 1.54) is 5.56 Å². The van der Waals surface area contributed by atoms with Gasteiger partial charge in [-0.15, -0.1) is 0 Å². The fraction of sp³-hybridized carbons (Fsp3) is 0.385. The SMILES string of the molecule is Cc1ccc(N2C(=S)NC(=O)C23CCC3)cc1. The van der Waals surface area contributed by atoms with E-state index in [9.17, 15) is 4.79 Å². The number of aryl methyl sites for hydroxylation is 1. The molecule has 1 saturated carbocycles. The van der Waals surface area contributed by atoms with Crippen LogP contribution in [0.1, 0.15) is 24.8 Å². The zero-order chi connectivity index (χ0) is 12.0. The molecule has 3 nitrogen and oxygen atoms in total. The van der Waals surface area contributed by atoms with Crippen LogP contribution in [0.5, 0.6) is 0 Å². The van der Waals surface area contributed by atoms with E-state index in [1.54, 1.807) is 0 Å². The molecule has 2 fully saturated rings. The quantitative estimate of drug-likeness (QED) is 0.771. The summed E-state index contributed by atoms with van der Waals surface area (Å²) < 4.78 is 0. The summed E-state index contributed by atoms with van der Waals surface area (Å²) in [5, 5.41) is 3.33. The van der Waals surface area contributed by atoms with Gasteiger partial charge >= 0.3 is 0 Å². The van der Waals surface area contributed by atoms with Crippen LogP contribution in [-0.4, -0.2) is 16.6 Å². The molecule has 0 unspecified atom stereocenters. The van der Waals surface area contributed by atoms with Crippen molar-refractivity contribution < 1.29 is 4.79 Å². The summed E-state index contributed by atoms with van der Waals surface area (Å²) in [6.45, 7) is 2.05. The Hall–Kier alpha value is -1.42. The van der Waals surface area contributed by atoms with Crippen LogP contribution in [0, 0.1) is 6.92 Å². The molecular formula is C13H14N2OS. The van der Waals surface area contributed by atoms with Gasteiger partial charge in [0.25, 0.3) is 5.91 Å². The smallest absolute Gasteiger partial charge is 0.252 e. The highest BCUT2D eigenvalue weighted by atomic mass is 32.1. The number of hydrogen-bond donors (Lipinski definition) is 1. The lowest BCUT2D eigenvalue weighted by Gasteiger charge is -2.43. The van der Waals surface area contributed by atoms with Crippen molar-refractivity contribution in [3.8, 4) is 0 Å². The summed E-state index contributed by atoms with van der Waals surface area (Å²) in [6, 6.07) is 8.16. The van der Waals surface area contributed by atoms with Gasteiger partial charge in [0, 0.05) is 5.69 Å². The van der Waals surface area contributed by atoms with Gasteiger partial charge in [0.2, 0.25) is 0 Å². The number of benzene rings is 1. The third kappa shape index (κ3) is 1.40. The van der Waals surface area contributed by atoms with E-state index in [2.05, 4.69) is 12.2 Å². The van der Waals surface area contributed by atoms with Crippen LogP contribution in [0.15, 0.2) is 24.3 Å². The summed E-state index contributed by atoms with van der Waals surface area (Å²) in [6.07, 6.45) is 2.89. The van der Waals surface area contributed by atoms with Crippen LogP contribution in [0.2, 0.25) is 0 Å². The van der Waals surface area contributed by atoms with Gasteiger partial charge < -0.3 is 10.2 Å². The molecule has 0 radical (unpaired) electrons. The van der Waals surface area contributed by atoms with Gasteiger partial charge in [0.05, 0.1) is 0 Å². The fourth-order valence-corrected chi connectivity index (χ4v) is 2.96. The largest absolute Gasteiger partial charge is 0.303 e. The number of hydrogen-bond acceptors (Lipinski definition) is 2. The maximum absolute atomic E-state index is 12.0. The molecule has 1 aromatic rings. The third-order valence-corrected chi connectivity index (χ3v) is 4.03. The first kappa shape index (κ1) is 10.7. The van der Waals surface area contributed by atoms with Gasteiger partial charge in [0.15, 0.2) is 5.11 Å². The van der Waals surface area contributed by atoms with E-state index < -0.39 is 5.54 Å². The van der Waals surface area contributed by atoms with Crippen molar-refractivity contribution in [1.82, 2.24) is 5.32 Å². The Kier molecular flexibility index (Phi) is 2.23. The number of carbonyl (C=O) groups is 1. The van der Waals surface area contributed by atoms with Crippen LogP contribution in [0.3, 0.4) is 0 Å². The van der Waals surface area contributed by atoms with E-state index in [0.29, 0.717) is 5.11 Å². The molecule has 1 saturated heterocycles. The Morgan fingerprint density at radius 2 is 1.94 bits per heavy atom. The highest BCUT2D eigenvalue weighted by Crippen LogP contribution is 2.43. The molecule has 4 heteroatoms. The average molecular weight is 246 g/mol. The first-order valence-electron chi connectivity index (χ1n) is 5.86. The van der Waals surface area contributed by atoms with Crippen molar-refractivity contribution in [3.05, 3.63) is 29.8 Å². The molecule has 1 aliphatic carbocycles. The first-order chi connectivity index (χ1) is 8.13. The summed E-state index contributed by atoms with van der Waals surface area (Å²) in [4.78, 5) is 14.0. The standard InChI is InChI=1S/C13H14N2OS/c1-9-3-5-10(6-4-9)15-12(17)14-11(16)13(15)7-2-8-13/h3-6H,2,7-8H2,1H3,(H,14,16,17). The van der Waals surface area contributed by atoms with Crippen molar-refractivity contribution in [1.29, 1.82) is 0 Å². The van der Waals surface area contributed by atoms with E-state index in [1.807, 2.05) is 29.2 Å². The second-order valence-corrected chi connectivity index (χ2v) is 5.20. The van der Waals surface area contributed by atoms with Crippen molar-refractivity contribution in [2.45, 2.75) is 31.7 Å². The number of amides is 1. The predicted octanol–water partition coefficient (Wildman–Crippen LogP) is 2.14. The zero-order valence-electron chi connectivity index (χ0n) is 9.69. The molecule has 1 heterocycles. The van der Waals surface area contributed by atoms with Crippen LogP contribution >= 0.6 is 12.2 Å². The van der Waals surface area contributed by atoms with Gasteiger partial charge in [-0.2, -0.15) is 0 Å². The molecule has 2 aliphatic rings. The molecule has 3 rings (SSSR count).